The van der Waals surface area contributed by atoms with Gasteiger partial charge in [0, 0.05) is 28.9 Å². The maximum Gasteiger partial charge on any atom is 0.252 e. The van der Waals surface area contributed by atoms with Gasteiger partial charge in [-0.1, -0.05) is 35.9 Å². The summed E-state index contributed by atoms with van der Waals surface area (Å²) < 4.78 is 0. The standard InChI is InChI=1S/C20H19ClN6O3/c1-12(28)23-14-6-4-7-15(9-14)24-18(29)10-17-19(30)26-20(25-17)27-22-11-13-5-2-3-8-16(13)21/h2-9,11,17H,10H2,1H3,(H,23,28)(H,24,29)(H2,25,26,27,30)/b22-11-/t17-/m0/s1. The molecule has 0 bridgehead atoms. The summed E-state index contributed by atoms with van der Waals surface area (Å²) in [5, 5.41) is 12.4. The summed E-state index contributed by atoms with van der Waals surface area (Å²) in [6, 6.07) is 13.0. The fraction of sp³-hybridized carbons (Fsp3) is 0.150. The van der Waals surface area contributed by atoms with Crippen LogP contribution in [0.4, 0.5) is 11.4 Å². The Morgan fingerprint density at radius 3 is 2.63 bits per heavy atom. The van der Waals surface area contributed by atoms with Gasteiger partial charge in [-0.25, -0.2) is 10.4 Å². The molecule has 9 nitrogen and oxygen atoms in total. The van der Waals surface area contributed by atoms with Crippen LogP contribution in [0.15, 0.2) is 58.6 Å². The van der Waals surface area contributed by atoms with Gasteiger partial charge in [0.25, 0.3) is 5.91 Å². The van der Waals surface area contributed by atoms with E-state index in [1.54, 1.807) is 42.5 Å². The number of anilines is 2. The molecule has 1 atom stereocenters. The van der Waals surface area contributed by atoms with Crippen molar-refractivity contribution in [2.75, 3.05) is 10.6 Å². The molecule has 3 rings (SSSR count). The van der Waals surface area contributed by atoms with Gasteiger partial charge in [0.2, 0.25) is 17.8 Å². The van der Waals surface area contributed by atoms with Gasteiger partial charge in [0.05, 0.1) is 12.6 Å². The molecular weight excluding hydrogens is 408 g/mol. The zero-order valence-corrected chi connectivity index (χ0v) is 16.7. The lowest BCUT2D eigenvalue weighted by Gasteiger charge is -2.09. The van der Waals surface area contributed by atoms with E-state index >= 15 is 0 Å². The van der Waals surface area contributed by atoms with Crippen molar-refractivity contribution < 1.29 is 14.4 Å². The molecule has 2 aromatic rings. The van der Waals surface area contributed by atoms with Gasteiger partial charge in [-0.3, -0.25) is 19.7 Å². The maximum atomic E-state index is 12.3. The summed E-state index contributed by atoms with van der Waals surface area (Å²) in [5.41, 5.74) is 4.38. The molecule has 1 aliphatic rings. The lowest BCUT2D eigenvalue weighted by Crippen LogP contribution is -2.35. The lowest BCUT2D eigenvalue weighted by molar-refractivity contribution is -0.123. The molecule has 0 aliphatic carbocycles. The molecule has 0 aromatic heterocycles. The number of nitrogens with one attached hydrogen (secondary N) is 4. The zero-order chi connectivity index (χ0) is 21.5. The molecule has 0 fully saturated rings. The number of hydrazone groups is 1. The van der Waals surface area contributed by atoms with Crippen molar-refractivity contribution in [1.29, 1.82) is 0 Å². The van der Waals surface area contributed by atoms with E-state index in [0.29, 0.717) is 22.0 Å². The highest BCUT2D eigenvalue weighted by molar-refractivity contribution is 6.33. The fourth-order valence-electron chi connectivity index (χ4n) is 2.65. The number of amides is 3. The van der Waals surface area contributed by atoms with E-state index in [4.69, 9.17) is 11.6 Å². The summed E-state index contributed by atoms with van der Waals surface area (Å²) in [7, 11) is 0. The highest BCUT2D eigenvalue weighted by Crippen LogP contribution is 2.16. The Kier molecular flexibility index (Phi) is 6.76. The van der Waals surface area contributed by atoms with E-state index in [-0.39, 0.29) is 24.2 Å². The van der Waals surface area contributed by atoms with Crippen molar-refractivity contribution in [2.24, 2.45) is 10.1 Å². The molecule has 3 amide bonds. The number of hydrogen-bond acceptors (Lipinski definition) is 6. The van der Waals surface area contributed by atoms with E-state index in [1.807, 2.05) is 6.07 Å². The van der Waals surface area contributed by atoms with E-state index in [9.17, 15) is 14.4 Å². The molecule has 0 radical (unpaired) electrons. The molecule has 30 heavy (non-hydrogen) atoms. The number of carbonyl (C=O) groups is 3. The van der Waals surface area contributed by atoms with Crippen molar-refractivity contribution in [3.05, 3.63) is 59.1 Å². The van der Waals surface area contributed by atoms with Crippen molar-refractivity contribution in [3.8, 4) is 0 Å². The van der Waals surface area contributed by atoms with Crippen LogP contribution in [-0.4, -0.2) is 35.9 Å². The Bertz CT molecular complexity index is 1040. The van der Waals surface area contributed by atoms with Crippen LogP contribution in [0.1, 0.15) is 18.9 Å². The van der Waals surface area contributed by atoms with Crippen LogP contribution < -0.4 is 21.4 Å². The van der Waals surface area contributed by atoms with Gasteiger partial charge in [0.1, 0.15) is 6.04 Å². The minimum absolute atomic E-state index is 0.143. The van der Waals surface area contributed by atoms with Gasteiger partial charge < -0.3 is 10.6 Å². The van der Waals surface area contributed by atoms with E-state index in [2.05, 4.69) is 31.5 Å². The van der Waals surface area contributed by atoms with E-state index in [0.717, 1.165) is 0 Å². The molecule has 0 saturated heterocycles. The van der Waals surface area contributed by atoms with Gasteiger partial charge in [0.15, 0.2) is 0 Å². The van der Waals surface area contributed by atoms with Crippen LogP contribution in [0.3, 0.4) is 0 Å². The number of carbonyl (C=O) groups excluding carboxylic acids is 3. The third kappa shape index (κ3) is 5.89. The second-order valence-electron chi connectivity index (χ2n) is 6.39. The van der Waals surface area contributed by atoms with Crippen molar-refractivity contribution in [3.63, 3.8) is 0 Å². The average Bonchev–Trinajstić information content (AvgIpc) is 3.02. The molecular formula is C20H19ClN6O3. The summed E-state index contributed by atoms with van der Waals surface area (Å²) in [6.07, 6.45) is 1.36. The Balaban J connectivity index is 1.55. The van der Waals surface area contributed by atoms with Crippen LogP contribution in [0, 0.1) is 0 Å². The van der Waals surface area contributed by atoms with Gasteiger partial charge in [-0.2, -0.15) is 5.10 Å². The molecule has 1 heterocycles. The third-order valence-corrected chi connectivity index (χ3v) is 4.30. The van der Waals surface area contributed by atoms with E-state index < -0.39 is 11.9 Å². The SMILES string of the molecule is CC(=O)Nc1cccc(NC(=O)C[C@@H]2N=C(N/N=C\c3ccccc3Cl)NC2=O)c1. The largest absolute Gasteiger partial charge is 0.326 e. The van der Waals surface area contributed by atoms with Gasteiger partial charge in [-0.15, -0.1) is 0 Å². The smallest absolute Gasteiger partial charge is 0.252 e. The van der Waals surface area contributed by atoms with Gasteiger partial charge >= 0.3 is 0 Å². The Morgan fingerprint density at radius 2 is 1.90 bits per heavy atom. The topological polar surface area (TPSA) is 124 Å². The number of benzene rings is 2. The van der Waals surface area contributed by atoms with Crippen molar-refractivity contribution >= 4 is 52.9 Å². The number of aliphatic imine (C=N–C) groups is 1. The Hall–Kier alpha value is -3.72. The van der Waals surface area contributed by atoms with Crippen molar-refractivity contribution in [1.82, 2.24) is 10.7 Å². The summed E-state index contributed by atoms with van der Waals surface area (Å²) in [6.45, 7) is 1.39. The second kappa shape index (κ2) is 9.66. The molecule has 0 unspecified atom stereocenters. The molecule has 154 valence electrons. The van der Waals surface area contributed by atoms with Crippen LogP contribution in [0.5, 0.6) is 0 Å². The number of nitrogens with zero attached hydrogens (tertiary/aromatic N) is 2. The lowest BCUT2D eigenvalue weighted by atomic mass is 10.2. The summed E-state index contributed by atoms with van der Waals surface area (Å²) in [4.78, 5) is 39.6. The minimum Gasteiger partial charge on any atom is -0.326 e. The van der Waals surface area contributed by atoms with Crippen LogP contribution in [0.25, 0.3) is 0 Å². The summed E-state index contributed by atoms with van der Waals surface area (Å²) in [5.74, 6) is -0.867. The maximum absolute atomic E-state index is 12.3. The number of guanidine groups is 1. The first-order valence-electron chi connectivity index (χ1n) is 9.00. The first kappa shape index (κ1) is 21.0. The van der Waals surface area contributed by atoms with Gasteiger partial charge in [-0.05, 0) is 24.3 Å². The predicted molar refractivity (Wildman–Crippen MR) is 116 cm³/mol. The summed E-state index contributed by atoms with van der Waals surface area (Å²) >= 11 is 6.04. The molecule has 1 aliphatic heterocycles. The van der Waals surface area contributed by atoms with E-state index in [1.165, 1.54) is 13.1 Å². The Morgan fingerprint density at radius 1 is 1.17 bits per heavy atom. The number of halogens is 1. The minimum atomic E-state index is -0.874. The van der Waals surface area contributed by atoms with Crippen LogP contribution in [-0.2, 0) is 14.4 Å². The normalized spacial score (nSPS) is 15.5. The zero-order valence-electron chi connectivity index (χ0n) is 16.0. The Labute approximate surface area is 177 Å². The molecule has 0 spiro atoms. The van der Waals surface area contributed by atoms with Crippen LogP contribution >= 0.6 is 11.6 Å². The number of rotatable bonds is 6. The van der Waals surface area contributed by atoms with Crippen molar-refractivity contribution in [2.45, 2.75) is 19.4 Å². The first-order chi connectivity index (χ1) is 14.4. The monoisotopic (exact) mass is 426 g/mol. The fourth-order valence-corrected chi connectivity index (χ4v) is 2.83. The first-order valence-corrected chi connectivity index (χ1v) is 9.38. The number of hydrogen-bond donors (Lipinski definition) is 4. The third-order valence-electron chi connectivity index (χ3n) is 3.95. The quantitative estimate of drug-likeness (QED) is 0.417. The highest BCUT2D eigenvalue weighted by atomic mass is 35.5. The molecule has 2 aromatic carbocycles. The predicted octanol–water partition coefficient (Wildman–Crippen LogP) is 2.11. The molecule has 10 heteroatoms. The molecule has 0 saturated carbocycles. The van der Waals surface area contributed by atoms with Crippen LogP contribution in [0.2, 0.25) is 5.02 Å². The molecule has 4 N–H and O–H groups in total. The average molecular weight is 427 g/mol. The second-order valence-corrected chi connectivity index (χ2v) is 6.80. The highest BCUT2D eigenvalue weighted by Gasteiger charge is 2.28.